The lowest BCUT2D eigenvalue weighted by Gasteiger charge is -2.35. The summed E-state index contributed by atoms with van der Waals surface area (Å²) in [6.45, 7) is 1.64. The summed E-state index contributed by atoms with van der Waals surface area (Å²) in [7, 11) is 0. The molecular weight excluding hydrogens is 214 g/mol. The number of aliphatic carboxylic acids is 1. The molecule has 0 radical (unpaired) electrons. The van der Waals surface area contributed by atoms with Crippen molar-refractivity contribution < 1.29 is 14.6 Å². The Morgan fingerprint density at radius 2 is 2.07 bits per heavy atom. The molecule has 2 fully saturated rings. The topological polar surface area (TPSA) is 58.6 Å². The molecule has 15 heavy (non-hydrogen) atoms. The summed E-state index contributed by atoms with van der Waals surface area (Å²) in [6, 6.07) is -0.348. The van der Waals surface area contributed by atoms with Gasteiger partial charge in [-0.05, 0) is 30.9 Å². The molecule has 0 bridgehead atoms. The monoisotopic (exact) mass is 231 g/mol. The molecule has 86 valence electrons. The van der Waals surface area contributed by atoms with E-state index in [9.17, 15) is 4.79 Å². The van der Waals surface area contributed by atoms with E-state index in [1.165, 1.54) is 0 Å². The Kier molecular flexibility index (Phi) is 3.88. The molecule has 2 rings (SSSR count). The highest BCUT2D eigenvalue weighted by Gasteiger charge is 2.32. The van der Waals surface area contributed by atoms with Crippen LogP contribution in [0.4, 0.5) is 0 Å². The van der Waals surface area contributed by atoms with Crippen LogP contribution in [0.1, 0.15) is 19.3 Å². The summed E-state index contributed by atoms with van der Waals surface area (Å²) < 4.78 is 5.31. The molecule has 0 aromatic heterocycles. The number of rotatable bonds is 2. The second kappa shape index (κ2) is 5.18. The van der Waals surface area contributed by atoms with Crippen LogP contribution in [-0.2, 0) is 9.53 Å². The molecule has 0 aliphatic carbocycles. The fourth-order valence-corrected chi connectivity index (χ4v) is 3.56. The van der Waals surface area contributed by atoms with Crippen LogP contribution < -0.4 is 5.32 Å². The van der Waals surface area contributed by atoms with Crippen molar-refractivity contribution in [3.8, 4) is 0 Å². The Hall–Kier alpha value is -0.260. The smallest absolute Gasteiger partial charge is 0.320 e. The first kappa shape index (κ1) is 11.2. The van der Waals surface area contributed by atoms with Gasteiger partial charge in [0.1, 0.15) is 6.04 Å². The lowest BCUT2D eigenvalue weighted by Crippen LogP contribution is -2.49. The maximum Gasteiger partial charge on any atom is 0.320 e. The molecule has 0 aromatic rings. The zero-order valence-electron chi connectivity index (χ0n) is 8.65. The van der Waals surface area contributed by atoms with Crippen LogP contribution in [0, 0.1) is 5.92 Å². The summed E-state index contributed by atoms with van der Waals surface area (Å²) in [4.78, 5) is 10.9. The Morgan fingerprint density at radius 3 is 2.73 bits per heavy atom. The molecule has 2 aliphatic heterocycles. The molecule has 4 nitrogen and oxygen atoms in total. The molecule has 2 unspecified atom stereocenters. The molecule has 2 N–H and O–H groups in total. The minimum Gasteiger partial charge on any atom is -0.480 e. The average Bonchev–Trinajstić information content (AvgIpc) is 2.30. The lowest BCUT2D eigenvalue weighted by molar-refractivity contribution is -0.139. The first-order valence-corrected chi connectivity index (χ1v) is 6.50. The Bertz CT molecular complexity index is 231. The van der Waals surface area contributed by atoms with Crippen molar-refractivity contribution in [2.24, 2.45) is 5.92 Å². The highest BCUT2D eigenvalue weighted by atomic mass is 32.2. The standard InChI is InChI=1S/C10H17NO3S/c12-10(13)8-3-6-15-9(11-8)7-1-4-14-5-2-7/h7-9,11H,1-6H2,(H,12,13). The first-order chi connectivity index (χ1) is 7.27. The van der Waals surface area contributed by atoms with Gasteiger partial charge >= 0.3 is 5.97 Å². The highest BCUT2D eigenvalue weighted by molar-refractivity contribution is 7.99. The minimum atomic E-state index is -0.715. The van der Waals surface area contributed by atoms with Gasteiger partial charge in [-0.15, -0.1) is 11.8 Å². The van der Waals surface area contributed by atoms with Crippen LogP contribution in [0.3, 0.4) is 0 Å². The maximum absolute atomic E-state index is 10.9. The number of carboxylic acid groups (broad SMARTS) is 1. The van der Waals surface area contributed by atoms with Gasteiger partial charge in [0.15, 0.2) is 0 Å². The maximum atomic E-state index is 10.9. The van der Waals surface area contributed by atoms with Gasteiger partial charge in [0, 0.05) is 13.2 Å². The van der Waals surface area contributed by atoms with E-state index in [0.29, 0.717) is 11.3 Å². The lowest BCUT2D eigenvalue weighted by atomic mass is 9.99. The quantitative estimate of drug-likeness (QED) is 0.740. The third-order valence-electron chi connectivity index (χ3n) is 3.06. The van der Waals surface area contributed by atoms with Crippen LogP contribution in [0.5, 0.6) is 0 Å². The van der Waals surface area contributed by atoms with Crippen molar-refractivity contribution in [3.05, 3.63) is 0 Å². The molecule has 2 saturated heterocycles. The number of carboxylic acids is 1. The zero-order chi connectivity index (χ0) is 10.7. The molecule has 5 heteroatoms. The normalized spacial score (nSPS) is 33.9. The van der Waals surface area contributed by atoms with Gasteiger partial charge < -0.3 is 9.84 Å². The summed E-state index contributed by atoms with van der Waals surface area (Å²) in [5.41, 5.74) is 0. The molecule has 0 amide bonds. The van der Waals surface area contributed by atoms with E-state index in [-0.39, 0.29) is 6.04 Å². The average molecular weight is 231 g/mol. The van der Waals surface area contributed by atoms with E-state index < -0.39 is 5.97 Å². The third-order valence-corrected chi connectivity index (χ3v) is 4.41. The van der Waals surface area contributed by atoms with Crippen LogP contribution >= 0.6 is 11.8 Å². The van der Waals surface area contributed by atoms with E-state index in [1.807, 2.05) is 11.8 Å². The molecule has 2 heterocycles. The van der Waals surface area contributed by atoms with E-state index in [0.717, 1.165) is 38.2 Å². The predicted octanol–water partition coefficient (Wildman–Crippen LogP) is 0.919. The molecule has 0 saturated carbocycles. The van der Waals surface area contributed by atoms with Crippen molar-refractivity contribution >= 4 is 17.7 Å². The Labute approximate surface area is 93.8 Å². The van der Waals surface area contributed by atoms with E-state index in [1.54, 1.807) is 0 Å². The van der Waals surface area contributed by atoms with Crippen molar-refractivity contribution in [3.63, 3.8) is 0 Å². The van der Waals surface area contributed by atoms with E-state index >= 15 is 0 Å². The highest BCUT2D eigenvalue weighted by Crippen LogP contribution is 2.30. The summed E-state index contributed by atoms with van der Waals surface area (Å²) >= 11 is 1.86. The van der Waals surface area contributed by atoms with Crippen LogP contribution in [0.25, 0.3) is 0 Å². The number of thioether (sulfide) groups is 1. The summed E-state index contributed by atoms with van der Waals surface area (Å²) in [5.74, 6) is 0.810. The van der Waals surface area contributed by atoms with Crippen LogP contribution in [0.2, 0.25) is 0 Å². The fraction of sp³-hybridized carbons (Fsp3) is 0.900. The third kappa shape index (κ3) is 2.86. The number of carbonyl (C=O) groups is 1. The van der Waals surface area contributed by atoms with Crippen LogP contribution in [-0.4, -0.2) is 41.5 Å². The predicted molar refractivity (Wildman–Crippen MR) is 59.0 cm³/mol. The summed E-state index contributed by atoms with van der Waals surface area (Å²) in [5, 5.41) is 12.5. The number of ether oxygens (including phenoxy) is 1. The largest absolute Gasteiger partial charge is 0.480 e. The number of hydrogen-bond donors (Lipinski definition) is 2. The fourth-order valence-electron chi connectivity index (χ4n) is 2.13. The van der Waals surface area contributed by atoms with Gasteiger partial charge in [-0.25, -0.2) is 0 Å². The van der Waals surface area contributed by atoms with Gasteiger partial charge in [-0.2, -0.15) is 0 Å². The molecule has 0 aromatic carbocycles. The summed E-state index contributed by atoms with van der Waals surface area (Å²) in [6.07, 6.45) is 2.84. The first-order valence-electron chi connectivity index (χ1n) is 5.45. The van der Waals surface area contributed by atoms with Gasteiger partial charge in [-0.3, -0.25) is 10.1 Å². The zero-order valence-corrected chi connectivity index (χ0v) is 9.46. The SMILES string of the molecule is O=C(O)C1CCSC(C2CCOCC2)N1. The second-order valence-corrected chi connectivity index (χ2v) is 5.34. The Balaban J connectivity index is 1.88. The van der Waals surface area contributed by atoms with E-state index in [2.05, 4.69) is 5.32 Å². The van der Waals surface area contributed by atoms with Gasteiger partial charge in [-0.1, -0.05) is 0 Å². The number of hydrogen-bond acceptors (Lipinski definition) is 4. The van der Waals surface area contributed by atoms with Crippen molar-refractivity contribution in [2.45, 2.75) is 30.7 Å². The molecule has 2 aliphatic rings. The van der Waals surface area contributed by atoms with Gasteiger partial charge in [0.2, 0.25) is 0 Å². The van der Waals surface area contributed by atoms with Gasteiger partial charge in [0.05, 0.1) is 5.37 Å². The molecule has 0 spiro atoms. The Morgan fingerprint density at radius 1 is 1.33 bits per heavy atom. The number of nitrogens with one attached hydrogen (secondary N) is 1. The van der Waals surface area contributed by atoms with Crippen molar-refractivity contribution in [2.75, 3.05) is 19.0 Å². The van der Waals surface area contributed by atoms with Crippen molar-refractivity contribution in [1.29, 1.82) is 0 Å². The molecule has 2 atom stereocenters. The van der Waals surface area contributed by atoms with E-state index in [4.69, 9.17) is 9.84 Å². The minimum absolute atomic E-state index is 0.309. The molecular formula is C10H17NO3S. The van der Waals surface area contributed by atoms with Crippen LogP contribution in [0.15, 0.2) is 0 Å². The van der Waals surface area contributed by atoms with Crippen molar-refractivity contribution in [1.82, 2.24) is 5.32 Å². The van der Waals surface area contributed by atoms with Gasteiger partial charge in [0.25, 0.3) is 0 Å². The second-order valence-electron chi connectivity index (χ2n) is 4.09.